The van der Waals surface area contributed by atoms with E-state index < -0.39 is 6.10 Å². The summed E-state index contributed by atoms with van der Waals surface area (Å²) in [6.07, 6.45) is 6.76. The first-order valence-electron chi connectivity index (χ1n) is 11.5. The number of piperidine rings is 1. The van der Waals surface area contributed by atoms with Crippen molar-refractivity contribution in [3.63, 3.8) is 0 Å². The van der Waals surface area contributed by atoms with Crippen molar-refractivity contribution in [2.75, 3.05) is 26.8 Å². The summed E-state index contributed by atoms with van der Waals surface area (Å²) >= 11 is 0. The first-order valence-corrected chi connectivity index (χ1v) is 11.5. The maximum atomic E-state index is 13.1. The van der Waals surface area contributed by atoms with E-state index in [4.69, 9.17) is 4.74 Å². The number of methoxy groups -OCH3 is 1. The summed E-state index contributed by atoms with van der Waals surface area (Å²) in [7, 11) is 1.52. The minimum absolute atomic E-state index is 0.00150. The highest BCUT2D eigenvalue weighted by Crippen LogP contribution is 2.55. The predicted molar refractivity (Wildman–Crippen MR) is 112 cm³/mol. The number of carbonyl (C=O) groups is 2. The van der Waals surface area contributed by atoms with Crippen molar-refractivity contribution < 1.29 is 19.4 Å². The molecule has 6 heteroatoms. The van der Waals surface area contributed by atoms with Crippen LogP contribution in [0.5, 0.6) is 0 Å². The van der Waals surface area contributed by atoms with Crippen LogP contribution < -0.4 is 5.32 Å². The van der Waals surface area contributed by atoms with Crippen LogP contribution in [-0.2, 0) is 14.3 Å². The summed E-state index contributed by atoms with van der Waals surface area (Å²) in [6.45, 7) is 8.24. The van der Waals surface area contributed by atoms with Gasteiger partial charge in [-0.3, -0.25) is 9.59 Å². The Bertz CT molecular complexity index is 591. The number of likely N-dealkylation sites (tertiary alicyclic amines) is 1. The Morgan fingerprint density at radius 1 is 1.21 bits per heavy atom. The smallest absolute Gasteiger partial charge is 0.246 e. The van der Waals surface area contributed by atoms with E-state index in [2.05, 4.69) is 19.2 Å². The number of hydrogen-bond donors (Lipinski definition) is 2. The maximum absolute atomic E-state index is 13.1. The normalized spacial score (nSPS) is 38.8. The Labute approximate surface area is 175 Å². The molecular weight excluding hydrogens is 368 g/mol. The first-order chi connectivity index (χ1) is 13.8. The Hall–Kier alpha value is -1.14. The summed E-state index contributed by atoms with van der Waals surface area (Å²) in [5, 5.41) is 14.6. The van der Waals surface area contributed by atoms with Crippen LogP contribution in [-0.4, -0.2) is 60.8 Å². The lowest BCUT2D eigenvalue weighted by Crippen LogP contribution is -2.59. The van der Waals surface area contributed by atoms with E-state index in [0.717, 1.165) is 51.6 Å². The second-order valence-electron chi connectivity index (χ2n) is 10.1. The monoisotopic (exact) mass is 408 g/mol. The van der Waals surface area contributed by atoms with Gasteiger partial charge in [0.1, 0.15) is 6.61 Å². The van der Waals surface area contributed by atoms with Gasteiger partial charge < -0.3 is 20.1 Å². The maximum Gasteiger partial charge on any atom is 0.246 e. The fourth-order valence-electron chi connectivity index (χ4n) is 6.46. The van der Waals surface area contributed by atoms with Crippen LogP contribution in [0, 0.1) is 29.1 Å². The van der Waals surface area contributed by atoms with Gasteiger partial charge in [-0.2, -0.15) is 0 Å². The largest absolute Gasteiger partial charge is 0.392 e. The van der Waals surface area contributed by atoms with Crippen LogP contribution in [0.4, 0.5) is 0 Å². The van der Waals surface area contributed by atoms with E-state index in [1.165, 1.54) is 13.5 Å². The first kappa shape index (κ1) is 22.5. The molecule has 0 spiro atoms. The number of amides is 2. The number of fused-ring (bicyclic) bond motifs is 1. The van der Waals surface area contributed by atoms with Gasteiger partial charge in [0.15, 0.2) is 0 Å². The van der Waals surface area contributed by atoms with E-state index in [0.29, 0.717) is 0 Å². The molecule has 1 saturated heterocycles. The zero-order valence-corrected chi connectivity index (χ0v) is 18.7. The second-order valence-corrected chi connectivity index (χ2v) is 10.1. The third-order valence-electron chi connectivity index (χ3n) is 8.21. The van der Waals surface area contributed by atoms with Gasteiger partial charge in [-0.1, -0.05) is 20.8 Å². The molecule has 2 amide bonds. The predicted octanol–water partition coefficient (Wildman–Crippen LogP) is 2.59. The van der Waals surface area contributed by atoms with Gasteiger partial charge in [0, 0.05) is 32.2 Å². The number of carbonyl (C=O) groups excluding carboxylic acids is 2. The molecule has 29 heavy (non-hydrogen) atoms. The molecule has 166 valence electrons. The van der Waals surface area contributed by atoms with Crippen LogP contribution in [0.3, 0.4) is 0 Å². The highest BCUT2D eigenvalue weighted by molar-refractivity contribution is 5.79. The minimum Gasteiger partial charge on any atom is -0.392 e. The topological polar surface area (TPSA) is 78.9 Å². The number of nitrogens with zero attached hydrogens (tertiary/aromatic N) is 1. The lowest BCUT2D eigenvalue weighted by atomic mass is 9.51. The fraction of sp³-hybridized carbons (Fsp3) is 0.913. The summed E-state index contributed by atoms with van der Waals surface area (Å²) in [4.78, 5) is 27.2. The molecule has 2 saturated carbocycles. The number of nitrogens with one attached hydrogen (secondary N) is 1. The van der Waals surface area contributed by atoms with Crippen LogP contribution in [0.1, 0.15) is 65.7 Å². The van der Waals surface area contributed by atoms with Gasteiger partial charge in [-0.05, 0) is 68.1 Å². The Kier molecular flexibility index (Phi) is 7.26. The molecule has 6 nitrogen and oxygen atoms in total. The van der Waals surface area contributed by atoms with Crippen molar-refractivity contribution in [2.24, 2.45) is 29.1 Å². The van der Waals surface area contributed by atoms with Crippen molar-refractivity contribution in [2.45, 2.75) is 77.9 Å². The zero-order chi connectivity index (χ0) is 21.2. The molecule has 1 aliphatic heterocycles. The molecule has 0 aromatic carbocycles. The number of aliphatic hydroxyl groups is 1. The highest BCUT2D eigenvalue weighted by Gasteiger charge is 2.54. The SMILES string of the molecule is COCC(=O)N[C@H]1CC[C@]2(C)CCC([C@H](C)C(=O)N3CCCCC3)[C@H](O)[C@H]2[C@@H]1C. The van der Waals surface area contributed by atoms with Gasteiger partial charge >= 0.3 is 0 Å². The molecule has 3 fully saturated rings. The van der Waals surface area contributed by atoms with Crippen LogP contribution in [0.15, 0.2) is 0 Å². The van der Waals surface area contributed by atoms with E-state index >= 15 is 0 Å². The Balaban J connectivity index is 1.71. The van der Waals surface area contributed by atoms with Crippen molar-refractivity contribution >= 4 is 11.8 Å². The second kappa shape index (κ2) is 9.34. The van der Waals surface area contributed by atoms with E-state index in [-0.39, 0.29) is 53.5 Å². The van der Waals surface area contributed by atoms with Gasteiger partial charge in [0.05, 0.1) is 6.10 Å². The average Bonchev–Trinajstić information content (AvgIpc) is 2.70. The molecule has 0 bridgehead atoms. The molecule has 7 atom stereocenters. The van der Waals surface area contributed by atoms with E-state index in [9.17, 15) is 14.7 Å². The van der Waals surface area contributed by atoms with Gasteiger partial charge in [-0.25, -0.2) is 0 Å². The standard InChI is InChI=1S/C23H40N2O4/c1-15(22(28)25-12-6-5-7-13-25)17-8-10-23(3)11-9-18(24-19(26)14-29-4)16(2)20(23)21(17)27/h15-18,20-21,27H,5-14H2,1-4H3,(H,24,26)/t15-,16+,17?,18-,20+,21-,23-/m0/s1. The van der Waals surface area contributed by atoms with Gasteiger partial charge in [0.2, 0.25) is 11.8 Å². The molecule has 3 aliphatic rings. The lowest BCUT2D eigenvalue weighted by molar-refractivity contribution is -0.151. The third kappa shape index (κ3) is 4.63. The quantitative estimate of drug-likeness (QED) is 0.733. The summed E-state index contributed by atoms with van der Waals surface area (Å²) in [5.74, 6) is 0.236. The van der Waals surface area contributed by atoms with Crippen molar-refractivity contribution in [1.82, 2.24) is 10.2 Å². The Morgan fingerprint density at radius 3 is 2.52 bits per heavy atom. The third-order valence-corrected chi connectivity index (χ3v) is 8.21. The molecule has 2 N–H and O–H groups in total. The summed E-state index contributed by atoms with van der Waals surface area (Å²) in [6, 6.07) is 0.0530. The van der Waals surface area contributed by atoms with Gasteiger partial charge in [-0.15, -0.1) is 0 Å². The van der Waals surface area contributed by atoms with Crippen LogP contribution >= 0.6 is 0 Å². The minimum atomic E-state index is -0.505. The molecule has 0 aromatic rings. The summed E-state index contributed by atoms with van der Waals surface area (Å²) in [5.41, 5.74) is 0.0751. The van der Waals surface area contributed by atoms with Crippen LogP contribution in [0.25, 0.3) is 0 Å². The molecule has 2 aliphatic carbocycles. The van der Waals surface area contributed by atoms with Gasteiger partial charge in [0.25, 0.3) is 0 Å². The molecule has 1 unspecified atom stereocenters. The fourth-order valence-corrected chi connectivity index (χ4v) is 6.46. The van der Waals surface area contributed by atoms with E-state index in [1.807, 2.05) is 11.8 Å². The van der Waals surface area contributed by atoms with Crippen LogP contribution in [0.2, 0.25) is 0 Å². The molecule has 0 radical (unpaired) electrons. The Morgan fingerprint density at radius 2 is 1.86 bits per heavy atom. The van der Waals surface area contributed by atoms with Crippen molar-refractivity contribution in [3.05, 3.63) is 0 Å². The van der Waals surface area contributed by atoms with Crippen molar-refractivity contribution in [1.29, 1.82) is 0 Å². The summed E-state index contributed by atoms with van der Waals surface area (Å²) < 4.78 is 4.96. The van der Waals surface area contributed by atoms with E-state index in [1.54, 1.807) is 0 Å². The number of rotatable bonds is 5. The molecular formula is C23H40N2O4. The average molecular weight is 409 g/mol. The zero-order valence-electron chi connectivity index (χ0n) is 18.7. The molecule has 1 heterocycles. The number of aliphatic hydroxyl groups excluding tert-OH is 1. The molecule has 3 rings (SSSR count). The number of ether oxygens (including phenoxy) is 1. The number of hydrogen-bond acceptors (Lipinski definition) is 4. The van der Waals surface area contributed by atoms with Crippen molar-refractivity contribution in [3.8, 4) is 0 Å². The lowest BCUT2D eigenvalue weighted by Gasteiger charge is -2.56. The molecule has 0 aromatic heterocycles. The highest BCUT2D eigenvalue weighted by atomic mass is 16.5.